The molecule has 1 heterocycles. The highest BCUT2D eigenvalue weighted by Crippen LogP contribution is 2.39. The highest BCUT2D eigenvalue weighted by Gasteiger charge is 2.32. The molecule has 1 aliphatic carbocycles. The second-order valence-electron chi connectivity index (χ2n) is 5.72. The number of hydrogen-bond donors (Lipinski definition) is 1. The van der Waals surface area contributed by atoms with Crippen LogP contribution in [0.15, 0.2) is 29.2 Å². The van der Waals surface area contributed by atoms with Gasteiger partial charge in [0, 0.05) is 22.6 Å². The van der Waals surface area contributed by atoms with Crippen molar-refractivity contribution < 1.29 is 4.79 Å². The molecule has 1 aromatic rings. The quantitative estimate of drug-likeness (QED) is 0.861. The molecule has 108 valence electrons. The molecule has 3 atom stereocenters. The van der Waals surface area contributed by atoms with Crippen LogP contribution in [0, 0.1) is 5.92 Å². The fraction of sp³-hybridized carbons (Fsp3) is 0.562. The first-order valence-corrected chi connectivity index (χ1v) is 8.89. The largest absolute Gasteiger partial charge is 0.352 e. The highest BCUT2D eigenvalue weighted by molar-refractivity contribution is 7.99. The van der Waals surface area contributed by atoms with Crippen molar-refractivity contribution in [2.24, 2.45) is 5.92 Å². The van der Waals surface area contributed by atoms with Gasteiger partial charge in [-0.15, -0.1) is 23.4 Å². The number of benzene rings is 1. The smallest absolute Gasteiger partial charge is 0.228 e. The summed E-state index contributed by atoms with van der Waals surface area (Å²) in [5.41, 5.74) is 1.19. The predicted octanol–water partition coefficient (Wildman–Crippen LogP) is 3.79. The van der Waals surface area contributed by atoms with E-state index >= 15 is 0 Å². The van der Waals surface area contributed by atoms with Gasteiger partial charge in [0.1, 0.15) is 0 Å². The predicted molar refractivity (Wildman–Crippen MR) is 84.5 cm³/mol. The summed E-state index contributed by atoms with van der Waals surface area (Å²) in [6, 6.07) is 8.52. The molecular weight excluding hydrogens is 290 g/mol. The van der Waals surface area contributed by atoms with Crippen LogP contribution in [0.5, 0.6) is 0 Å². The molecule has 1 aliphatic heterocycles. The van der Waals surface area contributed by atoms with Crippen molar-refractivity contribution in [3.63, 3.8) is 0 Å². The minimum Gasteiger partial charge on any atom is -0.352 e. The van der Waals surface area contributed by atoms with E-state index in [1.807, 2.05) is 12.1 Å². The van der Waals surface area contributed by atoms with Gasteiger partial charge in [-0.05, 0) is 30.4 Å². The fourth-order valence-electron chi connectivity index (χ4n) is 3.25. The Morgan fingerprint density at radius 3 is 2.95 bits per heavy atom. The second-order valence-corrected chi connectivity index (χ2v) is 7.09. The van der Waals surface area contributed by atoms with Crippen molar-refractivity contribution >= 4 is 29.3 Å². The van der Waals surface area contributed by atoms with Gasteiger partial charge in [0.2, 0.25) is 5.91 Å². The second kappa shape index (κ2) is 6.40. The van der Waals surface area contributed by atoms with Crippen LogP contribution < -0.4 is 5.32 Å². The molecule has 3 rings (SSSR count). The van der Waals surface area contributed by atoms with Crippen LogP contribution >= 0.6 is 23.4 Å². The summed E-state index contributed by atoms with van der Waals surface area (Å²) in [6.07, 6.45) is 4.66. The van der Waals surface area contributed by atoms with Gasteiger partial charge < -0.3 is 5.32 Å². The number of rotatable bonds is 3. The maximum absolute atomic E-state index is 12.6. The van der Waals surface area contributed by atoms with Gasteiger partial charge in [0.05, 0.1) is 5.92 Å². The van der Waals surface area contributed by atoms with Crippen molar-refractivity contribution in [2.45, 2.75) is 42.5 Å². The third kappa shape index (κ3) is 2.84. The summed E-state index contributed by atoms with van der Waals surface area (Å²) in [7, 11) is 0. The van der Waals surface area contributed by atoms with E-state index in [9.17, 15) is 4.79 Å². The standard InChI is InChI=1S/C16H20ClNOS/c17-9-11-5-1-3-7-14(11)18-16(19)13-10-20-15-8-4-2-6-12(13)15/h2,4,6,8,11,13-14H,1,3,5,7,9-10H2,(H,18,19). The van der Waals surface area contributed by atoms with E-state index in [0.717, 1.165) is 18.6 Å². The SMILES string of the molecule is O=C(NC1CCCCC1CCl)C1CSc2ccccc21. The Balaban J connectivity index is 1.68. The Kier molecular flexibility index (Phi) is 4.57. The Hall–Kier alpha value is -0.670. The normalized spacial score (nSPS) is 28.9. The fourth-order valence-corrected chi connectivity index (χ4v) is 4.84. The van der Waals surface area contributed by atoms with E-state index in [1.54, 1.807) is 11.8 Å². The molecule has 1 amide bonds. The van der Waals surface area contributed by atoms with Crippen LogP contribution in [-0.2, 0) is 4.79 Å². The minimum absolute atomic E-state index is 0.00843. The number of carbonyl (C=O) groups excluding carboxylic acids is 1. The lowest BCUT2D eigenvalue weighted by atomic mass is 9.85. The lowest BCUT2D eigenvalue weighted by Gasteiger charge is -2.31. The number of halogens is 1. The molecular formula is C16H20ClNOS. The van der Waals surface area contributed by atoms with Crippen molar-refractivity contribution in [3.05, 3.63) is 29.8 Å². The average molecular weight is 310 g/mol. The molecule has 0 saturated heterocycles. The number of fused-ring (bicyclic) bond motifs is 1. The molecule has 0 bridgehead atoms. The summed E-state index contributed by atoms with van der Waals surface area (Å²) < 4.78 is 0. The van der Waals surface area contributed by atoms with Crippen LogP contribution in [0.3, 0.4) is 0 Å². The van der Waals surface area contributed by atoms with Crippen LogP contribution in [-0.4, -0.2) is 23.6 Å². The van der Waals surface area contributed by atoms with Crippen molar-refractivity contribution in [2.75, 3.05) is 11.6 Å². The monoisotopic (exact) mass is 309 g/mol. The minimum atomic E-state index is 0.00843. The third-order valence-electron chi connectivity index (χ3n) is 4.45. The van der Waals surface area contributed by atoms with Gasteiger partial charge in [-0.1, -0.05) is 31.0 Å². The van der Waals surface area contributed by atoms with Gasteiger partial charge in [0.25, 0.3) is 0 Å². The average Bonchev–Trinajstić information content (AvgIpc) is 2.92. The molecule has 20 heavy (non-hydrogen) atoms. The van der Waals surface area contributed by atoms with E-state index < -0.39 is 0 Å². The molecule has 2 aliphatic rings. The van der Waals surface area contributed by atoms with Crippen molar-refractivity contribution in [1.29, 1.82) is 0 Å². The molecule has 2 nitrogen and oxygen atoms in total. The Bertz CT molecular complexity index is 493. The summed E-state index contributed by atoms with van der Waals surface area (Å²) in [5.74, 6) is 2.15. The molecule has 4 heteroatoms. The Labute approximate surface area is 129 Å². The van der Waals surface area contributed by atoms with Crippen LogP contribution in [0.1, 0.15) is 37.2 Å². The molecule has 0 radical (unpaired) electrons. The first kappa shape index (κ1) is 14.3. The summed E-state index contributed by atoms with van der Waals surface area (Å²) in [4.78, 5) is 13.8. The number of thioether (sulfide) groups is 1. The third-order valence-corrected chi connectivity index (χ3v) is 6.03. The molecule has 0 spiro atoms. The number of amides is 1. The number of carbonyl (C=O) groups is 1. The number of nitrogens with one attached hydrogen (secondary N) is 1. The zero-order valence-electron chi connectivity index (χ0n) is 11.5. The van der Waals surface area contributed by atoms with E-state index in [1.165, 1.54) is 23.3 Å². The Morgan fingerprint density at radius 2 is 2.10 bits per heavy atom. The van der Waals surface area contributed by atoms with E-state index in [4.69, 9.17) is 11.6 Å². The first-order chi connectivity index (χ1) is 9.79. The van der Waals surface area contributed by atoms with Crippen molar-refractivity contribution in [1.82, 2.24) is 5.32 Å². The van der Waals surface area contributed by atoms with Crippen LogP contribution in [0.4, 0.5) is 0 Å². The zero-order chi connectivity index (χ0) is 13.9. The molecule has 1 fully saturated rings. The molecule has 1 aromatic carbocycles. The van der Waals surface area contributed by atoms with Crippen LogP contribution in [0.2, 0.25) is 0 Å². The van der Waals surface area contributed by atoms with E-state index in [-0.39, 0.29) is 17.9 Å². The van der Waals surface area contributed by atoms with Crippen LogP contribution in [0.25, 0.3) is 0 Å². The van der Waals surface area contributed by atoms with Crippen molar-refractivity contribution in [3.8, 4) is 0 Å². The summed E-state index contributed by atoms with van der Waals surface area (Å²) in [5, 5.41) is 3.27. The number of alkyl halides is 1. The first-order valence-electron chi connectivity index (χ1n) is 7.37. The maximum Gasteiger partial charge on any atom is 0.228 e. The Morgan fingerprint density at radius 1 is 1.30 bits per heavy atom. The summed E-state index contributed by atoms with van der Waals surface area (Å²) in [6.45, 7) is 0. The lowest BCUT2D eigenvalue weighted by Crippen LogP contribution is -2.44. The molecule has 1 N–H and O–H groups in total. The van der Waals surface area contributed by atoms with Gasteiger partial charge in [-0.3, -0.25) is 4.79 Å². The van der Waals surface area contributed by atoms with Gasteiger partial charge >= 0.3 is 0 Å². The van der Waals surface area contributed by atoms with Gasteiger partial charge in [0.15, 0.2) is 0 Å². The molecule has 1 saturated carbocycles. The highest BCUT2D eigenvalue weighted by atomic mass is 35.5. The van der Waals surface area contributed by atoms with Gasteiger partial charge in [-0.25, -0.2) is 0 Å². The van der Waals surface area contributed by atoms with Gasteiger partial charge in [-0.2, -0.15) is 0 Å². The number of hydrogen-bond acceptors (Lipinski definition) is 2. The lowest BCUT2D eigenvalue weighted by molar-refractivity contribution is -0.123. The molecule has 0 aromatic heterocycles. The molecule has 3 unspecified atom stereocenters. The van der Waals surface area contributed by atoms with E-state index in [0.29, 0.717) is 11.8 Å². The zero-order valence-corrected chi connectivity index (χ0v) is 13.1. The topological polar surface area (TPSA) is 29.1 Å². The van der Waals surface area contributed by atoms with E-state index in [2.05, 4.69) is 17.4 Å². The summed E-state index contributed by atoms with van der Waals surface area (Å²) >= 11 is 7.83. The maximum atomic E-state index is 12.6.